The summed E-state index contributed by atoms with van der Waals surface area (Å²) >= 11 is 1.30. The molecule has 0 saturated carbocycles. The van der Waals surface area contributed by atoms with E-state index in [0.717, 1.165) is 23.9 Å². The van der Waals surface area contributed by atoms with Crippen LogP contribution in [0, 0.1) is 0 Å². The van der Waals surface area contributed by atoms with Gasteiger partial charge in [-0.05, 0) is 25.0 Å². The van der Waals surface area contributed by atoms with Gasteiger partial charge in [-0.15, -0.1) is 0 Å². The minimum Gasteiger partial charge on any atom is -0.431 e. The van der Waals surface area contributed by atoms with Gasteiger partial charge in [-0.1, -0.05) is 23.9 Å². The molecular formula is C13H14N2O3S. The summed E-state index contributed by atoms with van der Waals surface area (Å²) in [6.07, 6.45) is 2.02. The molecule has 0 N–H and O–H groups in total. The molecule has 19 heavy (non-hydrogen) atoms. The SMILES string of the molecule is O=C(CSc1nc2ccccc2o1)N1CCCCO1. The summed E-state index contributed by atoms with van der Waals surface area (Å²) in [7, 11) is 0. The van der Waals surface area contributed by atoms with Gasteiger partial charge in [0.2, 0.25) is 0 Å². The van der Waals surface area contributed by atoms with Crippen molar-refractivity contribution in [3.05, 3.63) is 24.3 Å². The monoisotopic (exact) mass is 278 g/mol. The maximum atomic E-state index is 11.9. The lowest BCUT2D eigenvalue weighted by Crippen LogP contribution is -2.36. The number of hydrogen-bond acceptors (Lipinski definition) is 5. The van der Waals surface area contributed by atoms with Gasteiger partial charge in [0.15, 0.2) is 5.58 Å². The molecule has 2 heterocycles. The maximum Gasteiger partial charge on any atom is 0.257 e. The van der Waals surface area contributed by atoms with Gasteiger partial charge in [-0.2, -0.15) is 0 Å². The number of fused-ring (bicyclic) bond motifs is 1. The lowest BCUT2D eigenvalue weighted by molar-refractivity contribution is -0.194. The van der Waals surface area contributed by atoms with Crippen molar-refractivity contribution in [1.29, 1.82) is 0 Å². The Hall–Kier alpha value is -1.53. The Labute approximate surface area is 114 Å². The van der Waals surface area contributed by atoms with Crippen molar-refractivity contribution in [1.82, 2.24) is 10.0 Å². The van der Waals surface area contributed by atoms with Crippen molar-refractivity contribution >= 4 is 28.8 Å². The lowest BCUT2D eigenvalue weighted by atomic mass is 10.3. The third-order valence-corrected chi connectivity index (χ3v) is 3.69. The number of thioether (sulfide) groups is 1. The molecule has 0 bridgehead atoms. The Kier molecular flexibility index (Phi) is 3.70. The molecule has 1 aliphatic rings. The molecule has 1 aromatic carbocycles. The molecule has 6 heteroatoms. The van der Waals surface area contributed by atoms with Gasteiger partial charge in [0.05, 0.1) is 12.4 Å². The molecule has 1 aliphatic heterocycles. The summed E-state index contributed by atoms with van der Waals surface area (Å²) in [5.41, 5.74) is 1.55. The zero-order chi connectivity index (χ0) is 13.1. The summed E-state index contributed by atoms with van der Waals surface area (Å²) in [4.78, 5) is 21.5. The number of carbonyl (C=O) groups excluding carboxylic acids is 1. The molecule has 0 radical (unpaired) electrons. The van der Waals surface area contributed by atoms with E-state index in [-0.39, 0.29) is 11.7 Å². The molecule has 100 valence electrons. The molecule has 0 aliphatic carbocycles. The van der Waals surface area contributed by atoms with Gasteiger partial charge < -0.3 is 4.42 Å². The van der Waals surface area contributed by atoms with E-state index in [2.05, 4.69) is 4.98 Å². The number of rotatable bonds is 3. The molecule has 1 amide bonds. The molecular weight excluding hydrogens is 264 g/mol. The number of oxazole rings is 1. The number of hydrogen-bond donors (Lipinski definition) is 0. The fourth-order valence-corrected chi connectivity index (χ4v) is 2.60. The van der Waals surface area contributed by atoms with Crippen LogP contribution in [0.1, 0.15) is 12.8 Å². The molecule has 1 aromatic heterocycles. The minimum absolute atomic E-state index is 0.0352. The van der Waals surface area contributed by atoms with Crippen molar-refractivity contribution in [3.8, 4) is 0 Å². The highest BCUT2D eigenvalue weighted by atomic mass is 32.2. The van der Waals surface area contributed by atoms with E-state index < -0.39 is 0 Å². The quantitative estimate of drug-likeness (QED) is 0.807. The molecule has 3 rings (SSSR count). The maximum absolute atomic E-state index is 11.9. The summed E-state index contributed by atoms with van der Waals surface area (Å²) in [5, 5.41) is 1.96. The van der Waals surface area contributed by atoms with Crippen molar-refractivity contribution < 1.29 is 14.0 Å². The van der Waals surface area contributed by atoms with Gasteiger partial charge in [0, 0.05) is 6.54 Å². The number of amides is 1. The summed E-state index contributed by atoms with van der Waals surface area (Å²) in [5.74, 6) is 0.249. The van der Waals surface area contributed by atoms with E-state index >= 15 is 0 Å². The van der Waals surface area contributed by atoms with Crippen LogP contribution in [0.25, 0.3) is 11.1 Å². The predicted octanol–water partition coefficient (Wildman–Crippen LogP) is 2.47. The highest BCUT2D eigenvalue weighted by molar-refractivity contribution is 7.99. The number of benzene rings is 1. The van der Waals surface area contributed by atoms with E-state index in [0.29, 0.717) is 18.4 Å². The second-order valence-corrected chi connectivity index (χ2v) is 5.20. The number of nitrogens with zero attached hydrogens (tertiary/aromatic N) is 2. The Morgan fingerprint density at radius 3 is 3.05 bits per heavy atom. The molecule has 0 spiro atoms. The van der Waals surface area contributed by atoms with Crippen LogP contribution in [0.2, 0.25) is 0 Å². The smallest absolute Gasteiger partial charge is 0.257 e. The summed E-state index contributed by atoms with van der Waals surface area (Å²) < 4.78 is 5.55. The van der Waals surface area contributed by atoms with Gasteiger partial charge in [-0.25, -0.2) is 10.0 Å². The van der Waals surface area contributed by atoms with Gasteiger partial charge in [0.25, 0.3) is 11.1 Å². The van der Waals surface area contributed by atoms with Gasteiger partial charge in [0.1, 0.15) is 5.52 Å². The van der Waals surface area contributed by atoms with Crippen LogP contribution in [-0.4, -0.2) is 34.9 Å². The van der Waals surface area contributed by atoms with Crippen molar-refractivity contribution in [2.24, 2.45) is 0 Å². The molecule has 0 atom stereocenters. The lowest BCUT2D eigenvalue weighted by Gasteiger charge is -2.25. The Morgan fingerprint density at radius 1 is 1.37 bits per heavy atom. The first kappa shape index (κ1) is 12.5. The van der Waals surface area contributed by atoms with Gasteiger partial charge in [-0.3, -0.25) is 9.63 Å². The van der Waals surface area contributed by atoms with Crippen LogP contribution in [0.5, 0.6) is 0 Å². The van der Waals surface area contributed by atoms with Crippen LogP contribution in [0.3, 0.4) is 0 Å². The van der Waals surface area contributed by atoms with E-state index in [1.54, 1.807) is 0 Å². The van der Waals surface area contributed by atoms with Crippen molar-refractivity contribution in [3.63, 3.8) is 0 Å². The third kappa shape index (κ3) is 2.90. The topological polar surface area (TPSA) is 55.6 Å². The second kappa shape index (κ2) is 5.63. The van der Waals surface area contributed by atoms with E-state index in [4.69, 9.17) is 9.25 Å². The fourth-order valence-electron chi connectivity index (χ4n) is 1.90. The zero-order valence-electron chi connectivity index (χ0n) is 10.4. The first-order valence-electron chi connectivity index (χ1n) is 6.24. The Balaban J connectivity index is 1.60. The first-order valence-corrected chi connectivity index (χ1v) is 7.23. The normalized spacial score (nSPS) is 15.9. The Morgan fingerprint density at radius 2 is 2.26 bits per heavy atom. The number of carbonyl (C=O) groups is 1. The molecule has 1 saturated heterocycles. The van der Waals surface area contributed by atoms with Crippen LogP contribution < -0.4 is 0 Å². The average molecular weight is 278 g/mol. The number of hydroxylamine groups is 2. The van der Waals surface area contributed by atoms with Gasteiger partial charge >= 0.3 is 0 Å². The predicted molar refractivity (Wildman–Crippen MR) is 71.6 cm³/mol. The van der Waals surface area contributed by atoms with Crippen molar-refractivity contribution in [2.75, 3.05) is 18.9 Å². The first-order chi connectivity index (χ1) is 9.33. The van der Waals surface area contributed by atoms with E-state index in [9.17, 15) is 4.79 Å². The zero-order valence-corrected chi connectivity index (χ0v) is 11.2. The molecule has 1 fully saturated rings. The second-order valence-electron chi connectivity index (χ2n) is 4.27. The standard InChI is InChI=1S/C13H14N2O3S/c16-12(15-7-3-4-8-17-15)9-19-13-14-10-5-1-2-6-11(10)18-13/h1-2,5-6H,3-4,7-9H2. The van der Waals surface area contributed by atoms with Crippen LogP contribution in [-0.2, 0) is 9.63 Å². The fraction of sp³-hybridized carbons (Fsp3) is 0.385. The highest BCUT2D eigenvalue weighted by Gasteiger charge is 2.18. The third-order valence-electron chi connectivity index (χ3n) is 2.87. The largest absolute Gasteiger partial charge is 0.431 e. The number of para-hydroxylation sites is 2. The average Bonchev–Trinajstić information content (AvgIpc) is 2.88. The molecule has 2 aromatic rings. The molecule has 5 nitrogen and oxygen atoms in total. The molecule has 0 unspecified atom stereocenters. The van der Waals surface area contributed by atoms with E-state index in [1.807, 2.05) is 24.3 Å². The highest BCUT2D eigenvalue weighted by Crippen LogP contribution is 2.23. The van der Waals surface area contributed by atoms with E-state index in [1.165, 1.54) is 16.8 Å². The minimum atomic E-state index is -0.0352. The van der Waals surface area contributed by atoms with Crippen LogP contribution >= 0.6 is 11.8 Å². The Bertz CT molecular complexity index is 545. The van der Waals surface area contributed by atoms with Crippen LogP contribution in [0.4, 0.5) is 0 Å². The summed E-state index contributed by atoms with van der Waals surface area (Å²) in [6, 6.07) is 7.56. The summed E-state index contributed by atoms with van der Waals surface area (Å²) in [6.45, 7) is 1.30. The van der Waals surface area contributed by atoms with Crippen molar-refractivity contribution in [2.45, 2.75) is 18.1 Å². The number of aromatic nitrogens is 1. The van der Waals surface area contributed by atoms with Crippen LogP contribution in [0.15, 0.2) is 33.9 Å².